The van der Waals surface area contributed by atoms with Gasteiger partial charge in [-0.1, -0.05) is 19.3 Å². The Bertz CT molecular complexity index is 490. The Labute approximate surface area is 152 Å². The summed E-state index contributed by atoms with van der Waals surface area (Å²) in [7, 11) is 0. The van der Waals surface area contributed by atoms with E-state index in [1.165, 1.54) is 0 Å². The van der Waals surface area contributed by atoms with Crippen molar-refractivity contribution in [3.8, 4) is 0 Å². The number of thioether (sulfide) groups is 1. The molecular weight excluding hydrogens is 342 g/mol. The smallest absolute Gasteiger partial charge is 0.315 e. The molecule has 9 heteroatoms. The predicted octanol–water partition coefficient (Wildman–Crippen LogP) is 0.364. The standard InChI is InChI=1S/C16H29N5O3S/c17-15(23)10(5-2-1-3-8-13(22)21-18)6-4-7-12-14-11(9-25-12)19-16(24)20-14/h10-12,14H,1-9,18H2,(H2,17,23)(H,21,22)(H2,19,20,24). The lowest BCUT2D eigenvalue weighted by atomic mass is 9.93. The van der Waals surface area contributed by atoms with Gasteiger partial charge in [0.1, 0.15) is 0 Å². The van der Waals surface area contributed by atoms with E-state index in [4.69, 9.17) is 11.6 Å². The van der Waals surface area contributed by atoms with E-state index < -0.39 is 0 Å². The van der Waals surface area contributed by atoms with Crippen LogP contribution in [0.3, 0.4) is 0 Å². The predicted molar refractivity (Wildman–Crippen MR) is 97.4 cm³/mol. The van der Waals surface area contributed by atoms with Gasteiger partial charge in [0, 0.05) is 23.3 Å². The molecule has 2 heterocycles. The lowest BCUT2D eigenvalue weighted by molar-refractivity contribution is -0.123. The van der Waals surface area contributed by atoms with E-state index in [2.05, 4.69) is 16.1 Å². The second-order valence-corrected chi connectivity index (χ2v) is 8.09. The molecule has 0 aliphatic carbocycles. The Morgan fingerprint density at radius 2 is 1.96 bits per heavy atom. The molecule has 7 N–H and O–H groups in total. The monoisotopic (exact) mass is 371 g/mol. The molecule has 2 fully saturated rings. The molecule has 2 saturated heterocycles. The van der Waals surface area contributed by atoms with Crippen molar-refractivity contribution in [2.75, 3.05) is 5.75 Å². The number of unbranched alkanes of at least 4 members (excludes halogenated alkanes) is 2. The molecule has 4 amide bonds. The number of nitrogens with one attached hydrogen (secondary N) is 3. The van der Waals surface area contributed by atoms with Gasteiger partial charge in [-0.2, -0.15) is 11.8 Å². The van der Waals surface area contributed by atoms with Gasteiger partial charge in [-0.15, -0.1) is 0 Å². The number of rotatable bonds is 11. The molecule has 0 aromatic rings. The SMILES string of the molecule is NNC(=O)CCCCCC(CCCC1SCC2NC(=O)NC21)C(N)=O. The lowest BCUT2D eigenvalue weighted by Crippen LogP contribution is -2.36. The number of urea groups is 1. The molecule has 0 aromatic carbocycles. The number of nitrogens with two attached hydrogens (primary N) is 2. The highest BCUT2D eigenvalue weighted by molar-refractivity contribution is 8.00. The third-order valence-corrected chi connectivity index (χ3v) is 6.51. The fraction of sp³-hybridized carbons (Fsp3) is 0.812. The number of carbonyl (C=O) groups is 3. The van der Waals surface area contributed by atoms with Gasteiger partial charge in [0.05, 0.1) is 12.1 Å². The maximum atomic E-state index is 11.6. The molecule has 4 atom stereocenters. The number of primary amides is 1. The van der Waals surface area contributed by atoms with Crippen LogP contribution in [0.2, 0.25) is 0 Å². The van der Waals surface area contributed by atoms with Crippen LogP contribution in [0.15, 0.2) is 0 Å². The van der Waals surface area contributed by atoms with Crippen molar-refractivity contribution in [1.82, 2.24) is 16.1 Å². The quantitative estimate of drug-likeness (QED) is 0.117. The van der Waals surface area contributed by atoms with Crippen LogP contribution in [0.5, 0.6) is 0 Å². The molecule has 4 unspecified atom stereocenters. The molecule has 8 nitrogen and oxygen atoms in total. The first kappa shape index (κ1) is 19.8. The lowest BCUT2D eigenvalue weighted by Gasteiger charge is -2.18. The third-order valence-electron chi connectivity index (χ3n) is 5.00. The first-order valence-electron chi connectivity index (χ1n) is 8.98. The van der Waals surface area contributed by atoms with Crippen molar-refractivity contribution in [1.29, 1.82) is 0 Å². The van der Waals surface area contributed by atoms with Crippen LogP contribution in [0.25, 0.3) is 0 Å². The normalized spacial score (nSPS) is 25.8. The molecule has 0 aromatic heterocycles. The number of amides is 4. The van der Waals surface area contributed by atoms with E-state index in [9.17, 15) is 14.4 Å². The molecule has 2 aliphatic rings. The summed E-state index contributed by atoms with van der Waals surface area (Å²) in [6.45, 7) is 0. The molecule has 2 rings (SSSR count). The maximum Gasteiger partial charge on any atom is 0.315 e. The van der Waals surface area contributed by atoms with Crippen molar-refractivity contribution in [3.63, 3.8) is 0 Å². The molecule has 0 bridgehead atoms. The fourth-order valence-electron chi connectivity index (χ4n) is 3.56. The first-order valence-corrected chi connectivity index (χ1v) is 10.0. The summed E-state index contributed by atoms with van der Waals surface area (Å²) in [5, 5.41) is 6.33. The second kappa shape index (κ2) is 9.86. The Morgan fingerprint density at radius 1 is 1.20 bits per heavy atom. The Hall–Kier alpha value is -1.48. The summed E-state index contributed by atoms with van der Waals surface area (Å²) in [4.78, 5) is 34.1. The minimum atomic E-state index is -0.243. The minimum Gasteiger partial charge on any atom is -0.369 e. The number of carbonyl (C=O) groups excluding carboxylic acids is 3. The van der Waals surface area contributed by atoms with Crippen LogP contribution in [-0.4, -0.2) is 40.9 Å². The summed E-state index contributed by atoms with van der Waals surface area (Å²) >= 11 is 1.88. The van der Waals surface area contributed by atoms with Crippen molar-refractivity contribution in [2.24, 2.45) is 17.5 Å². The van der Waals surface area contributed by atoms with Crippen LogP contribution in [0.4, 0.5) is 4.79 Å². The zero-order chi connectivity index (χ0) is 18.2. The Morgan fingerprint density at radius 3 is 2.68 bits per heavy atom. The van der Waals surface area contributed by atoms with Crippen molar-refractivity contribution in [3.05, 3.63) is 0 Å². The number of hydrazine groups is 1. The van der Waals surface area contributed by atoms with Crippen LogP contribution in [0.1, 0.15) is 51.4 Å². The van der Waals surface area contributed by atoms with Crippen molar-refractivity contribution < 1.29 is 14.4 Å². The Kier molecular flexibility index (Phi) is 7.83. The van der Waals surface area contributed by atoms with Crippen LogP contribution < -0.4 is 27.6 Å². The van der Waals surface area contributed by atoms with E-state index in [-0.39, 0.29) is 35.8 Å². The van der Waals surface area contributed by atoms with Gasteiger partial charge in [-0.3, -0.25) is 15.0 Å². The fourth-order valence-corrected chi connectivity index (χ4v) is 5.11. The van der Waals surface area contributed by atoms with E-state index in [1.807, 2.05) is 11.8 Å². The van der Waals surface area contributed by atoms with Crippen LogP contribution in [-0.2, 0) is 9.59 Å². The zero-order valence-electron chi connectivity index (χ0n) is 14.5. The summed E-state index contributed by atoms with van der Waals surface area (Å²) < 4.78 is 0. The van der Waals surface area contributed by atoms with E-state index in [1.54, 1.807) is 0 Å². The highest BCUT2D eigenvalue weighted by atomic mass is 32.2. The van der Waals surface area contributed by atoms with Gasteiger partial charge >= 0.3 is 6.03 Å². The summed E-state index contributed by atoms with van der Waals surface area (Å²) in [5.41, 5.74) is 7.64. The largest absolute Gasteiger partial charge is 0.369 e. The van der Waals surface area contributed by atoms with Gasteiger partial charge in [-0.05, 0) is 25.7 Å². The maximum absolute atomic E-state index is 11.6. The topological polar surface area (TPSA) is 139 Å². The van der Waals surface area contributed by atoms with Crippen molar-refractivity contribution >= 4 is 29.6 Å². The van der Waals surface area contributed by atoms with Crippen molar-refractivity contribution in [2.45, 2.75) is 68.7 Å². The molecule has 0 radical (unpaired) electrons. The molecule has 2 aliphatic heterocycles. The summed E-state index contributed by atoms with van der Waals surface area (Å²) in [6.07, 6.45) is 6.41. The van der Waals surface area contributed by atoms with E-state index >= 15 is 0 Å². The molecular formula is C16H29N5O3S. The molecule has 0 saturated carbocycles. The molecule has 0 spiro atoms. The number of hydrogen-bond acceptors (Lipinski definition) is 5. The first-order chi connectivity index (χ1) is 12.0. The number of fused-ring (bicyclic) bond motifs is 1. The molecule has 142 valence electrons. The molecule has 25 heavy (non-hydrogen) atoms. The van der Waals surface area contributed by atoms with Crippen LogP contribution in [0, 0.1) is 5.92 Å². The van der Waals surface area contributed by atoms with E-state index in [0.29, 0.717) is 11.7 Å². The van der Waals surface area contributed by atoms with Crippen LogP contribution >= 0.6 is 11.8 Å². The van der Waals surface area contributed by atoms with Gasteiger partial charge in [-0.25, -0.2) is 10.6 Å². The van der Waals surface area contributed by atoms with Gasteiger partial charge in [0.15, 0.2) is 0 Å². The van der Waals surface area contributed by atoms with E-state index in [0.717, 1.165) is 50.7 Å². The highest BCUT2D eigenvalue weighted by Gasteiger charge is 2.42. The summed E-state index contributed by atoms with van der Waals surface area (Å²) in [5.74, 6) is 5.47. The Balaban J connectivity index is 1.62. The average molecular weight is 372 g/mol. The average Bonchev–Trinajstić information content (AvgIpc) is 3.12. The number of hydrogen-bond donors (Lipinski definition) is 5. The summed E-state index contributed by atoms with van der Waals surface area (Å²) in [6, 6.07) is 0.372. The second-order valence-electron chi connectivity index (χ2n) is 6.82. The van der Waals surface area contributed by atoms with Gasteiger partial charge in [0.25, 0.3) is 0 Å². The minimum absolute atomic E-state index is 0.0707. The third kappa shape index (κ3) is 6.07. The highest BCUT2D eigenvalue weighted by Crippen LogP contribution is 2.33. The zero-order valence-corrected chi connectivity index (χ0v) is 15.3. The van der Waals surface area contributed by atoms with Gasteiger partial charge in [0.2, 0.25) is 11.8 Å². The van der Waals surface area contributed by atoms with Gasteiger partial charge < -0.3 is 16.4 Å².